The number of nitrogens with two attached hydrogens (primary N) is 1. The average Bonchev–Trinajstić information content (AvgIpc) is 3.40. The van der Waals surface area contributed by atoms with E-state index >= 15 is 0 Å². The fourth-order valence-electron chi connectivity index (χ4n) is 2.68. The summed E-state index contributed by atoms with van der Waals surface area (Å²) in [6.45, 7) is 1.68. The van der Waals surface area contributed by atoms with Gasteiger partial charge in [0.25, 0.3) is 0 Å². The summed E-state index contributed by atoms with van der Waals surface area (Å²) >= 11 is 0. The first-order valence-electron chi connectivity index (χ1n) is 8.16. The fourth-order valence-corrected chi connectivity index (χ4v) is 3.20. The van der Waals surface area contributed by atoms with Crippen molar-refractivity contribution in [1.29, 1.82) is 0 Å². The highest BCUT2D eigenvalue weighted by Gasteiger charge is 2.29. The lowest BCUT2D eigenvalue weighted by Gasteiger charge is -2.22. The van der Waals surface area contributed by atoms with Gasteiger partial charge in [0.15, 0.2) is 0 Å². The Labute approximate surface area is 147 Å². The third kappa shape index (κ3) is 5.01. The number of primary sulfonamides is 1. The lowest BCUT2D eigenvalue weighted by molar-refractivity contribution is 0.193. The first-order chi connectivity index (χ1) is 11.9. The van der Waals surface area contributed by atoms with Crippen LogP contribution < -0.4 is 9.88 Å². The summed E-state index contributed by atoms with van der Waals surface area (Å²) < 4.78 is 42.0. The summed E-state index contributed by atoms with van der Waals surface area (Å²) in [5.41, 5.74) is 0.687. The second-order valence-corrected chi connectivity index (χ2v) is 7.72. The van der Waals surface area contributed by atoms with Crippen LogP contribution in [0.1, 0.15) is 18.4 Å². The van der Waals surface area contributed by atoms with Crippen molar-refractivity contribution >= 4 is 10.0 Å². The van der Waals surface area contributed by atoms with E-state index in [1.165, 1.54) is 18.2 Å². The Kier molecular flexibility index (Phi) is 5.36. The maximum atomic E-state index is 13.8. The summed E-state index contributed by atoms with van der Waals surface area (Å²) in [6, 6.07) is 13.3. The SMILES string of the molecule is NS(=O)(=O)c1ccc(OCCN(Cc2ccccc2F)C2CC2)cc1. The van der Waals surface area contributed by atoms with Gasteiger partial charge in [-0.3, -0.25) is 4.90 Å². The molecule has 2 aromatic rings. The van der Waals surface area contributed by atoms with Crippen molar-refractivity contribution in [3.05, 3.63) is 59.9 Å². The van der Waals surface area contributed by atoms with Crippen LogP contribution in [0.25, 0.3) is 0 Å². The van der Waals surface area contributed by atoms with Crippen molar-refractivity contribution in [1.82, 2.24) is 4.90 Å². The molecule has 7 heteroatoms. The Morgan fingerprint density at radius 3 is 2.40 bits per heavy atom. The van der Waals surface area contributed by atoms with Crippen LogP contribution in [0.15, 0.2) is 53.4 Å². The zero-order valence-electron chi connectivity index (χ0n) is 13.8. The van der Waals surface area contributed by atoms with E-state index in [0.29, 0.717) is 37.1 Å². The van der Waals surface area contributed by atoms with Gasteiger partial charge in [-0.25, -0.2) is 17.9 Å². The zero-order chi connectivity index (χ0) is 17.9. The van der Waals surface area contributed by atoms with Gasteiger partial charge in [-0.05, 0) is 43.2 Å². The number of ether oxygens (including phenoxy) is 1. The molecule has 0 heterocycles. The smallest absolute Gasteiger partial charge is 0.238 e. The highest BCUT2D eigenvalue weighted by atomic mass is 32.2. The van der Waals surface area contributed by atoms with Crippen LogP contribution in [0, 0.1) is 5.82 Å². The first kappa shape index (κ1) is 17.8. The number of nitrogens with zero attached hydrogens (tertiary/aromatic N) is 1. The molecule has 0 bridgehead atoms. The van der Waals surface area contributed by atoms with Gasteiger partial charge in [0, 0.05) is 24.7 Å². The van der Waals surface area contributed by atoms with Crippen LogP contribution in [0.5, 0.6) is 5.75 Å². The lowest BCUT2D eigenvalue weighted by Crippen LogP contribution is -2.30. The molecule has 1 aliphatic carbocycles. The zero-order valence-corrected chi connectivity index (χ0v) is 14.6. The maximum Gasteiger partial charge on any atom is 0.238 e. The Balaban J connectivity index is 1.55. The number of rotatable bonds is 8. The van der Waals surface area contributed by atoms with Crippen LogP contribution >= 0.6 is 0 Å². The predicted octanol–water partition coefficient (Wildman–Crippen LogP) is 2.52. The molecule has 2 N–H and O–H groups in total. The molecular weight excluding hydrogens is 343 g/mol. The number of benzene rings is 2. The minimum atomic E-state index is -3.69. The highest BCUT2D eigenvalue weighted by molar-refractivity contribution is 7.89. The molecule has 1 aliphatic rings. The Morgan fingerprint density at radius 1 is 1.12 bits per heavy atom. The van der Waals surface area contributed by atoms with E-state index in [0.717, 1.165) is 12.8 Å². The molecule has 1 saturated carbocycles. The molecule has 0 unspecified atom stereocenters. The molecule has 0 atom stereocenters. The highest BCUT2D eigenvalue weighted by Crippen LogP contribution is 2.28. The third-order valence-electron chi connectivity index (χ3n) is 4.19. The average molecular weight is 364 g/mol. The minimum absolute atomic E-state index is 0.0546. The predicted molar refractivity (Wildman–Crippen MR) is 93.1 cm³/mol. The molecule has 0 amide bonds. The van der Waals surface area contributed by atoms with Gasteiger partial charge in [-0.1, -0.05) is 18.2 Å². The monoisotopic (exact) mass is 364 g/mol. The lowest BCUT2D eigenvalue weighted by atomic mass is 10.2. The summed E-state index contributed by atoms with van der Waals surface area (Å²) in [5, 5.41) is 5.07. The summed E-state index contributed by atoms with van der Waals surface area (Å²) in [5.74, 6) is 0.390. The summed E-state index contributed by atoms with van der Waals surface area (Å²) in [7, 11) is -3.69. The summed E-state index contributed by atoms with van der Waals surface area (Å²) in [6.07, 6.45) is 2.25. The van der Waals surface area contributed by atoms with Gasteiger partial charge >= 0.3 is 0 Å². The van der Waals surface area contributed by atoms with Crippen molar-refractivity contribution in [3.8, 4) is 5.75 Å². The molecule has 0 radical (unpaired) electrons. The molecule has 25 heavy (non-hydrogen) atoms. The number of sulfonamides is 1. The molecule has 0 spiro atoms. The van der Waals surface area contributed by atoms with E-state index in [1.54, 1.807) is 24.3 Å². The van der Waals surface area contributed by atoms with E-state index in [4.69, 9.17) is 9.88 Å². The Morgan fingerprint density at radius 2 is 1.80 bits per heavy atom. The Hall–Kier alpha value is -1.96. The molecular formula is C18H21FN2O3S. The van der Waals surface area contributed by atoms with Crippen LogP contribution in [0.4, 0.5) is 4.39 Å². The standard InChI is InChI=1S/C18H21FN2O3S/c19-18-4-2-1-3-14(18)13-21(15-5-6-15)11-12-24-16-7-9-17(10-8-16)25(20,22)23/h1-4,7-10,15H,5-6,11-13H2,(H2,20,22,23). The van der Waals surface area contributed by atoms with E-state index in [9.17, 15) is 12.8 Å². The van der Waals surface area contributed by atoms with Crippen molar-refractivity contribution in [2.75, 3.05) is 13.2 Å². The topological polar surface area (TPSA) is 72.6 Å². The van der Waals surface area contributed by atoms with Crippen LogP contribution in [-0.4, -0.2) is 32.5 Å². The van der Waals surface area contributed by atoms with Gasteiger partial charge in [0.05, 0.1) is 4.90 Å². The Bertz CT molecular complexity index is 820. The second-order valence-electron chi connectivity index (χ2n) is 6.16. The van der Waals surface area contributed by atoms with Crippen molar-refractivity contribution in [2.45, 2.75) is 30.3 Å². The van der Waals surface area contributed by atoms with Gasteiger partial charge in [0.1, 0.15) is 18.2 Å². The van der Waals surface area contributed by atoms with Crippen LogP contribution in [-0.2, 0) is 16.6 Å². The number of hydrogen-bond acceptors (Lipinski definition) is 4. The maximum absolute atomic E-state index is 13.8. The van der Waals surface area contributed by atoms with E-state index < -0.39 is 10.0 Å². The van der Waals surface area contributed by atoms with Crippen LogP contribution in [0.2, 0.25) is 0 Å². The second kappa shape index (κ2) is 7.51. The molecule has 0 saturated heterocycles. The molecule has 0 aliphatic heterocycles. The molecule has 5 nitrogen and oxygen atoms in total. The largest absolute Gasteiger partial charge is 0.492 e. The number of halogens is 1. The minimum Gasteiger partial charge on any atom is -0.492 e. The molecule has 0 aromatic heterocycles. The normalized spacial score (nSPS) is 14.7. The number of hydrogen-bond donors (Lipinski definition) is 1. The van der Waals surface area contributed by atoms with Gasteiger partial charge < -0.3 is 4.74 Å². The molecule has 2 aromatic carbocycles. The van der Waals surface area contributed by atoms with Crippen molar-refractivity contribution < 1.29 is 17.5 Å². The summed E-state index contributed by atoms with van der Waals surface area (Å²) in [4.78, 5) is 2.27. The van der Waals surface area contributed by atoms with E-state index in [1.807, 2.05) is 6.07 Å². The third-order valence-corrected chi connectivity index (χ3v) is 5.12. The fraction of sp³-hybridized carbons (Fsp3) is 0.333. The molecule has 3 rings (SSSR count). The van der Waals surface area contributed by atoms with Gasteiger partial charge in [-0.15, -0.1) is 0 Å². The first-order valence-corrected chi connectivity index (χ1v) is 9.71. The quantitative estimate of drug-likeness (QED) is 0.781. The van der Waals surface area contributed by atoms with Gasteiger partial charge in [0.2, 0.25) is 10.0 Å². The van der Waals surface area contributed by atoms with Gasteiger partial charge in [-0.2, -0.15) is 0 Å². The van der Waals surface area contributed by atoms with Crippen molar-refractivity contribution in [2.24, 2.45) is 5.14 Å². The molecule has 134 valence electrons. The van der Waals surface area contributed by atoms with Crippen LogP contribution in [0.3, 0.4) is 0 Å². The van der Waals surface area contributed by atoms with E-state index in [2.05, 4.69) is 4.90 Å². The van der Waals surface area contributed by atoms with E-state index in [-0.39, 0.29) is 10.7 Å². The van der Waals surface area contributed by atoms with Crippen molar-refractivity contribution in [3.63, 3.8) is 0 Å². The molecule has 1 fully saturated rings.